The highest BCUT2D eigenvalue weighted by Gasteiger charge is 2.08. The molecule has 0 fully saturated rings. The molecule has 1 aromatic carbocycles. The third-order valence-electron chi connectivity index (χ3n) is 2.25. The van der Waals surface area contributed by atoms with Gasteiger partial charge in [-0.2, -0.15) is 0 Å². The van der Waals surface area contributed by atoms with Crippen molar-refractivity contribution in [3.05, 3.63) is 40.4 Å². The summed E-state index contributed by atoms with van der Waals surface area (Å²) in [7, 11) is 0. The van der Waals surface area contributed by atoms with Crippen molar-refractivity contribution < 1.29 is 4.74 Å². The van der Waals surface area contributed by atoms with Gasteiger partial charge in [0.25, 0.3) is 0 Å². The lowest BCUT2D eigenvalue weighted by atomic mass is 10.1. The SMILES string of the molecule is C=C(C)CCOc1cc(Br)ccc1[C@@H](C)N. The summed E-state index contributed by atoms with van der Waals surface area (Å²) in [4.78, 5) is 0. The molecule has 1 rings (SSSR count). The minimum Gasteiger partial charge on any atom is -0.493 e. The molecule has 0 unspecified atom stereocenters. The van der Waals surface area contributed by atoms with Crippen LogP contribution in [-0.4, -0.2) is 6.61 Å². The van der Waals surface area contributed by atoms with Crippen molar-refractivity contribution in [2.75, 3.05) is 6.61 Å². The summed E-state index contributed by atoms with van der Waals surface area (Å²) in [6.07, 6.45) is 0.866. The second-order valence-electron chi connectivity index (χ2n) is 4.03. The maximum absolute atomic E-state index is 5.88. The van der Waals surface area contributed by atoms with E-state index in [0.717, 1.165) is 27.8 Å². The molecule has 1 atom stereocenters. The number of hydrogen-bond donors (Lipinski definition) is 1. The van der Waals surface area contributed by atoms with Gasteiger partial charge in [0.2, 0.25) is 0 Å². The first-order valence-corrected chi connectivity index (χ1v) is 6.12. The summed E-state index contributed by atoms with van der Waals surface area (Å²) in [6, 6.07) is 5.90. The van der Waals surface area contributed by atoms with Crippen LogP contribution in [0, 0.1) is 0 Å². The van der Waals surface area contributed by atoms with Gasteiger partial charge in [-0.15, -0.1) is 6.58 Å². The molecular formula is C13H18BrNO. The van der Waals surface area contributed by atoms with E-state index in [2.05, 4.69) is 22.5 Å². The van der Waals surface area contributed by atoms with Crippen molar-refractivity contribution in [2.24, 2.45) is 5.73 Å². The fourth-order valence-electron chi connectivity index (χ4n) is 1.34. The van der Waals surface area contributed by atoms with E-state index in [9.17, 15) is 0 Å². The van der Waals surface area contributed by atoms with Crippen molar-refractivity contribution in [2.45, 2.75) is 26.3 Å². The zero-order valence-corrected chi connectivity index (χ0v) is 11.4. The standard InChI is InChI=1S/C13H18BrNO/c1-9(2)6-7-16-13-8-11(14)4-5-12(13)10(3)15/h4-5,8,10H,1,6-7,15H2,2-3H3/t10-/m1/s1. The Morgan fingerprint density at radius 1 is 1.56 bits per heavy atom. The monoisotopic (exact) mass is 283 g/mol. The first-order chi connectivity index (χ1) is 7.50. The number of benzene rings is 1. The number of rotatable bonds is 5. The van der Waals surface area contributed by atoms with Crippen LogP contribution in [0.25, 0.3) is 0 Å². The van der Waals surface area contributed by atoms with Crippen molar-refractivity contribution in [3.8, 4) is 5.75 Å². The third kappa shape index (κ3) is 3.99. The van der Waals surface area contributed by atoms with Crippen LogP contribution in [-0.2, 0) is 0 Å². The Labute approximate surface area is 106 Å². The Hall–Kier alpha value is -0.800. The van der Waals surface area contributed by atoms with Crippen LogP contribution in [0.15, 0.2) is 34.8 Å². The predicted molar refractivity (Wildman–Crippen MR) is 71.7 cm³/mol. The van der Waals surface area contributed by atoms with Gasteiger partial charge in [0.15, 0.2) is 0 Å². The van der Waals surface area contributed by atoms with E-state index in [-0.39, 0.29) is 6.04 Å². The molecule has 1 aromatic rings. The van der Waals surface area contributed by atoms with Gasteiger partial charge in [-0.25, -0.2) is 0 Å². The van der Waals surface area contributed by atoms with E-state index in [1.54, 1.807) is 0 Å². The predicted octanol–water partition coefficient (Wildman–Crippen LogP) is 3.81. The van der Waals surface area contributed by atoms with E-state index < -0.39 is 0 Å². The number of hydrogen-bond acceptors (Lipinski definition) is 2. The average Bonchev–Trinajstić information content (AvgIpc) is 2.16. The first-order valence-electron chi connectivity index (χ1n) is 5.33. The molecule has 3 heteroatoms. The van der Waals surface area contributed by atoms with E-state index in [1.807, 2.05) is 32.0 Å². The molecule has 2 N–H and O–H groups in total. The van der Waals surface area contributed by atoms with Crippen molar-refractivity contribution in [1.29, 1.82) is 0 Å². The molecule has 0 aliphatic rings. The average molecular weight is 284 g/mol. The van der Waals surface area contributed by atoms with Crippen LogP contribution >= 0.6 is 15.9 Å². The first kappa shape index (κ1) is 13.3. The Morgan fingerprint density at radius 3 is 2.81 bits per heavy atom. The molecule has 0 aliphatic heterocycles. The maximum Gasteiger partial charge on any atom is 0.125 e. The molecule has 16 heavy (non-hydrogen) atoms. The summed E-state index contributed by atoms with van der Waals surface area (Å²) in [5.74, 6) is 0.852. The normalized spacial score (nSPS) is 12.2. The summed E-state index contributed by atoms with van der Waals surface area (Å²) in [6.45, 7) is 8.44. The molecule has 0 saturated heterocycles. The Kier molecular flexibility index (Phi) is 5.03. The topological polar surface area (TPSA) is 35.2 Å². The zero-order valence-electron chi connectivity index (χ0n) is 9.79. The lowest BCUT2D eigenvalue weighted by Crippen LogP contribution is -2.08. The zero-order chi connectivity index (χ0) is 12.1. The van der Waals surface area contributed by atoms with Gasteiger partial charge in [-0.05, 0) is 26.0 Å². The Bertz CT molecular complexity index is 374. The third-order valence-corrected chi connectivity index (χ3v) is 2.75. The van der Waals surface area contributed by atoms with Gasteiger partial charge in [0.1, 0.15) is 5.75 Å². The van der Waals surface area contributed by atoms with Crippen molar-refractivity contribution >= 4 is 15.9 Å². The minimum atomic E-state index is -0.0204. The Morgan fingerprint density at radius 2 is 2.25 bits per heavy atom. The molecule has 0 saturated carbocycles. The quantitative estimate of drug-likeness (QED) is 0.834. The number of ether oxygens (including phenoxy) is 1. The molecule has 2 nitrogen and oxygen atoms in total. The summed E-state index contributed by atoms with van der Waals surface area (Å²) < 4.78 is 6.72. The van der Waals surface area contributed by atoms with Gasteiger partial charge in [0.05, 0.1) is 6.61 Å². The largest absolute Gasteiger partial charge is 0.493 e. The highest BCUT2D eigenvalue weighted by atomic mass is 79.9. The summed E-state index contributed by atoms with van der Waals surface area (Å²) in [5, 5.41) is 0. The lowest BCUT2D eigenvalue weighted by Gasteiger charge is -2.14. The number of nitrogens with two attached hydrogens (primary N) is 1. The minimum absolute atomic E-state index is 0.0204. The molecule has 0 amide bonds. The second kappa shape index (κ2) is 6.06. The summed E-state index contributed by atoms with van der Waals surface area (Å²) in [5.41, 5.74) is 8.04. The number of halogens is 1. The highest BCUT2D eigenvalue weighted by Crippen LogP contribution is 2.27. The van der Waals surface area contributed by atoms with Gasteiger partial charge >= 0.3 is 0 Å². The van der Waals surface area contributed by atoms with Gasteiger partial charge in [-0.1, -0.05) is 27.6 Å². The Balaban J connectivity index is 2.76. The molecule has 0 bridgehead atoms. The van der Waals surface area contributed by atoms with Gasteiger partial charge in [0, 0.05) is 22.5 Å². The molecule has 0 aromatic heterocycles. The van der Waals surface area contributed by atoms with Crippen LogP contribution in [0.4, 0.5) is 0 Å². The smallest absolute Gasteiger partial charge is 0.125 e. The van der Waals surface area contributed by atoms with Crippen LogP contribution in [0.3, 0.4) is 0 Å². The van der Waals surface area contributed by atoms with E-state index in [4.69, 9.17) is 10.5 Å². The molecular weight excluding hydrogens is 266 g/mol. The molecule has 0 aliphatic carbocycles. The van der Waals surface area contributed by atoms with Crippen LogP contribution in [0.2, 0.25) is 0 Å². The highest BCUT2D eigenvalue weighted by molar-refractivity contribution is 9.10. The fraction of sp³-hybridized carbons (Fsp3) is 0.385. The lowest BCUT2D eigenvalue weighted by molar-refractivity contribution is 0.316. The van der Waals surface area contributed by atoms with E-state index in [1.165, 1.54) is 0 Å². The maximum atomic E-state index is 5.88. The van der Waals surface area contributed by atoms with Crippen molar-refractivity contribution in [3.63, 3.8) is 0 Å². The van der Waals surface area contributed by atoms with Crippen molar-refractivity contribution in [1.82, 2.24) is 0 Å². The van der Waals surface area contributed by atoms with Crippen LogP contribution < -0.4 is 10.5 Å². The molecule has 0 heterocycles. The van der Waals surface area contributed by atoms with Gasteiger partial charge < -0.3 is 10.5 Å². The van der Waals surface area contributed by atoms with E-state index in [0.29, 0.717) is 6.61 Å². The van der Waals surface area contributed by atoms with Gasteiger partial charge in [-0.3, -0.25) is 0 Å². The second-order valence-corrected chi connectivity index (χ2v) is 4.94. The van der Waals surface area contributed by atoms with Crippen LogP contribution in [0.5, 0.6) is 5.75 Å². The molecule has 0 radical (unpaired) electrons. The van der Waals surface area contributed by atoms with Crippen LogP contribution in [0.1, 0.15) is 31.9 Å². The van der Waals surface area contributed by atoms with E-state index >= 15 is 0 Å². The summed E-state index contributed by atoms with van der Waals surface area (Å²) >= 11 is 3.43. The fourth-order valence-corrected chi connectivity index (χ4v) is 1.68. The molecule has 0 spiro atoms. The molecule has 88 valence electrons.